The summed E-state index contributed by atoms with van der Waals surface area (Å²) in [5.74, 6) is -0.641. The van der Waals surface area contributed by atoms with E-state index in [2.05, 4.69) is 10.4 Å². The van der Waals surface area contributed by atoms with Gasteiger partial charge in [0.15, 0.2) is 0 Å². The highest BCUT2D eigenvalue weighted by Gasteiger charge is 2.22. The summed E-state index contributed by atoms with van der Waals surface area (Å²) in [6.07, 6.45) is 0. The first-order chi connectivity index (χ1) is 15.5. The van der Waals surface area contributed by atoms with Crippen LogP contribution in [0.1, 0.15) is 34.6 Å². The number of hydrogen-bond donors (Lipinski definition) is 1. The van der Waals surface area contributed by atoms with Gasteiger partial charge in [0, 0.05) is 0 Å². The van der Waals surface area contributed by atoms with Crippen LogP contribution in [0, 0.1) is 0 Å². The van der Waals surface area contributed by atoms with E-state index < -0.39 is 17.2 Å². The second kappa shape index (κ2) is 9.26. The molecule has 0 aliphatic carbocycles. The Morgan fingerprint density at radius 3 is 2.06 bits per heavy atom. The van der Waals surface area contributed by atoms with Crippen molar-refractivity contribution in [1.29, 1.82) is 0 Å². The molecule has 1 atom stereocenters. The number of carbonyl (C=O) groups excluding carboxylic acids is 1. The largest absolute Gasteiger partial charge is 0.352 e. The molecule has 0 unspecified atom stereocenters. The van der Waals surface area contributed by atoms with Gasteiger partial charge in [-0.25, -0.2) is 4.79 Å². The number of amides is 1. The normalized spacial score (nSPS) is 11.7. The fraction of sp³-hybridized carbons (Fsp3) is 0.120. The van der Waals surface area contributed by atoms with E-state index in [4.69, 9.17) is 0 Å². The minimum Gasteiger partial charge on any atom is -0.344 e. The van der Waals surface area contributed by atoms with Crippen molar-refractivity contribution in [2.75, 3.05) is 0 Å². The van der Waals surface area contributed by atoms with E-state index in [9.17, 15) is 14.4 Å². The molecule has 0 saturated heterocycles. The van der Waals surface area contributed by atoms with Crippen LogP contribution in [0.3, 0.4) is 0 Å². The van der Waals surface area contributed by atoms with Gasteiger partial charge in [0.05, 0.1) is 18.3 Å². The van der Waals surface area contributed by atoms with Gasteiger partial charge in [0.1, 0.15) is 0 Å². The van der Waals surface area contributed by atoms with Crippen LogP contribution in [0.15, 0.2) is 101 Å². The van der Waals surface area contributed by atoms with Crippen LogP contribution in [0.5, 0.6) is 0 Å². The van der Waals surface area contributed by atoms with Gasteiger partial charge in [-0.3, -0.25) is 14.2 Å². The lowest BCUT2D eigenvalue weighted by Crippen LogP contribution is -2.46. The molecular weight excluding hydrogens is 404 g/mol. The van der Waals surface area contributed by atoms with Gasteiger partial charge in [0.25, 0.3) is 11.5 Å². The quantitative estimate of drug-likeness (QED) is 0.514. The molecule has 1 aromatic heterocycles. The third-order valence-electron chi connectivity index (χ3n) is 5.11. The molecule has 0 fully saturated rings. The molecule has 3 aromatic carbocycles. The molecule has 7 nitrogen and oxygen atoms in total. The van der Waals surface area contributed by atoms with Gasteiger partial charge in [-0.2, -0.15) is 9.78 Å². The van der Waals surface area contributed by atoms with Gasteiger partial charge < -0.3 is 5.32 Å². The van der Waals surface area contributed by atoms with Crippen molar-refractivity contribution in [1.82, 2.24) is 19.7 Å². The highest BCUT2D eigenvalue weighted by molar-refractivity contribution is 5.92. The fourth-order valence-corrected chi connectivity index (χ4v) is 3.39. The maximum atomic E-state index is 13.2. The minimum atomic E-state index is -0.733. The smallest absolute Gasteiger partial charge is 0.344 e. The Bertz CT molecular complexity index is 1330. The molecule has 1 N–H and O–H groups in total. The van der Waals surface area contributed by atoms with Crippen LogP contribution in [-0.4, -0.2) is 20.3 Å². The molecule has 0 aliphatic rings. The summed E-state index contributed by atoms with van der Waals surface area (Å²) in [6, 6.07) is 26.9. The Balaban J connectivity index is 1.79. The number of nitrogens with zero attached hydrogens (tertiary/aromatic N) is 3. The summed E-state index contributed by atoms with van der Waals surface area (Å²) in [6.45, 7) is 1.85. The average molecular weight is 426 g/mol. The monoisotopic (exact) mass is 426 g/mol. The lowest BCUT2D eigenvalue weighted by atomic mass is 10.1. The van der Waals surface area contributed by atoms with E-state index in [0.29, 0.717) is 5.69 Å². The Morgan fingerprint density at radius 2 is 1.44 bits per heavy atom. The zero-order valence-electron chi connectivity index (χ0n) is 17.5. The summed E-state index contributed by atoms with van der Waals surface area (Å²) in [5, 5.41) is 6.96. The predicted molar refractivity (Wildman–Crippen MR) is 122 cm³/mol. The minimum absolute atomic E-state index is 0.0301. The number of aromatic nitrogens is 3. The highest BCUT2D eigenvalue weighted by atomic mass is 16.2. The molecule has 160 valence electrons. The first kappa shape index (κ1) is 21.0. The average Bonchev–Trinajstić information content (AvgIpc) is 2.83. The fourth-order valence-electron chi connectivity index (χ4n) is 3.39. The molecule has 1 heterocycles. The van der Waals surface area contributed by atoms with Gasteiger partial charge in [-0.1, -0.05) is 78.9 Å². The number of para-hydroxylation sites is 1. The lowest BCUT2D eigenvalue weighted by Gasteiger charge is -2.15. The summed E-state index contributed by atoms with van der Waals surface area (Å²) in [7, 11) is 0. The van der Waals surface area contributed by atoms with E-state index in [1.165, 1.54) is 0 Å². The number of rotatable bonds is 6. The van der Waals surface area contributed by atoms with Gasteiger partial charge >= 0.3 is 5.69 Å². The third-order valence-corrected chi connectivity index (χ3v) is 5.11. The predicted octanol–water partition coefficient (Wildman–Crippen LogP) is 2.93. The Labute approximate surface area is 184 Å². The molecule has 0 radical (unpaired) electrons. The van der Waals surface area contributed by atoms with Crippen LogP contribution in [-0.2, 0) is 6.54 Å². The van der Waals surface area contributed by atoms with Crippen LogP contribution in [0.25, 0.3) is 5.69 Å². The molecule has 0 aliphatic heterocycles. The number of nitrogens with one attached hydrogen (secondary N) is 1. The number of hydrogen-bond acceptors (Lipinski definition) is 4. The first-order valence-electron chi connectivity index (χ1n) is 10.2. The Kier molecular flexibility index (Phi) is 6.07. The van der Waals surface area contributed by atoms with E-state index in [1.807, 2.05) is 73.7 Å². The summed E-state index contributed by atoms with van der Waals surface area (Å²) in [4.78, 5) is 39.4. The topological polar surface area (TPSA) is 86.0 Å². The maximum Gasteiger partial charge on any atom is 0.352 e. The number of benzene rings is 3. The van der Waals surface area contributed by atoms with Crippen LogP contribution in [0.2, 0.25) is 0 Å². The summed E-state index contributed by atoms with van der Waals surface area (Å²) in [5.41, 5.74) is 0.432. The summed E-state index contributed by atoms with van der Waals surface area (Å²) < 4.78 is 2.13. The Morgan fingerprint density at radius 1 is 0.875 bits per heavy atom. The molecule has 4 aromatic rings. The molecule has 4 rings (SSSR count). The summed E-state index contributed by atoms with van der Waals surface area (Å²) >= 11 is 0. The van der Waals surface area contributed by atoms with Crippen molar-refractivity contribution in [3.63, 3.8) is 0 Å². The van der Waals surface area contributed by atoms with E-state index in [0.717, 1.165) is 20.4 Å². The van der Waals surface area contributed by atoms with E-state index >= 15 is 0 Å². The molecule has 1 amide bonds. The van der Waals surface area contributed by atoms with Crippen LogP contribution < -0.4 is 16.6 Å². The van der Waals surface area contributed by atoms with Gasteiger partial charge in [-0.15, -0.1) is 0 Å². The maximum absolute atomic E-state index is 13.2. The number of carbonyl (C=O) groups is 1. The lowest BCUT2D eigenvalue weighted by molar-refractivity contribution is 0.0930. The van der Waals surface area contributed by atoms with E-state index in [1.54, 1.807) is 24.3 Å². The zero-order valence-corrected chi connectivity index (χ0v) is 17.5. The molecule has 0 spiro atoms. The standard InChI is InChI=1S/C25H22N4O3/c1-18(20-13-7-3-8-14-20)26-23(30)22-24(31)28(17-19-11-5-2-6-12-19)25(32)29(27-22)21-15-9-4-10-16-21/h2-16,18H,17H2,1H3,(H,26,30)/t18-/m1/s1. The molecule has 0 saturated carbocycles. The molecule has 32 heavy (non-hydrogen) atoms. The van der Waals surface area contributed by atoms with Gasteiger partial charge in [0.2, 0.25) is 5.69 Å². The van der Waals surface area contributed by atoms with Crippen molar-refractivity contribution in [2.24, 2.45) is 0 Å². The van der Waals surface area contributed by atoms with E-state index in [-0.39, 0.29) is 18.3 Å². The SMILES string of the molecule is C[C@@H](NC(=O)c1nn(-c2ccccc2)c(=O)n(Cc2ccccc2)c1=O)c1ccccc1. The van der Waals surface area contributed by atoms with Gasteiger partial charge in [-0.05, 0) is 30.2 Å². The molecule has 7 heteroatoms. The van der Waals surface area contributed by atoms with Crippen molar-refractivity contribution in [3.05, 3.63) is 129 Å². The second-order valence-electron chi connectivity index (χ2n) is 7.36. The molecule has 0 bridgehead atoms. The van der Waals surface area contributed by atoms with Crippen molar-refractivity contribution >= 4 is 5.91 Å². The molecular formula is C25H22N4O3. The highest BCUT2D eigenvalue weighted by Crippen LogP contribution is 2.11. The zero-order chi connectivity index (χ0) is 22.5. The van der Waals surface area contributed by atoms with Crippen molar-refractivity contribution in [2.45, 2.75) is 19.5 Å². The first-order valence-corrected chi connectivity index (χ1v) is 10.2. The second-order valence-corrected chi connectivity index (χ2v) is 7.36. The van der Waals surface area contributed by atoms with Crippen molar-refractivity contribution < 1.29 is 4.79 Å². The van der Waals surface area contributed by atoms with Crippen molar-refractivity contribution in [3.8, 4) is 5.69 Å². The third kappa shape index (κ3) is 4.41. The Hall–Kier alpha value is -4.26. The van der Waals surface area contributed by atoms with Crippen LogP contribution >= 0.6 is 0 Å². The van der Waals surface area contributed by atoms with Crippen LogP contribution in [0.4, 0.5) is 0 Å².